The van der Waals surface area contributed by atoms with Crippen molar-refractivity contribution in [2.75, 3.05) is 42.5 Å². The van der Waals surface area contributed by atoms with Crippen molar-refractivity contribution in [3.8, 4) is 0 Å². The topological polar surface area (TPSA) is 96.0 Å². The summed E-state index contributed by atoms with van der Waals surface area (Å²) < 4.78 is 34.0. The second-order valence-electron chi connectivity index (χ2n) is 9.04. The van der Waals surface area contributed by atoms with Gasteiger partial charge in [-0.05, 0) is 62.2 Å². The first-order chi connectivity index (χ1) is 17.7. The minimum Gasteiger partial charge on any atom is -0.378 e. The number of rotatable bonds is 7. The molecule has 1 aliphatic rings. The largest absolute Gasteiger partial charge is 0.378 e. The van der Waals surface area contributed by atoms with Crippen molar-refractivity contribution in [2.24, 2.45) is 0 Å². The molecule has 3 aromatic carbocycles. The number of carbonyl (C=O) groups excluding carboxylic acids is 2. The summed E-state index contributed by atoms with van der Waals surface area (Å²) in [7, 11) is -4.06. The summed E-state index contributed by atoms with van der Waals surface area (Å²) in [5.74, 6) is -0.767. The molecule has 0 aromatic heterocycles. The van der Waals surface area contributed by atoms with Crippen LogP contribution in [-0.4, -0.2) is 58.0 Å². The lowest BCUT2D eigenvalue weighted by Gasteiger charge is -2.28. The first-order valence-electron chi connectivity index (χ1n) is 12.1. The molecule has 0 radical (unpaired) electrons. The predicted octanol–water partition coefficient (Wildman–Crippen LogP) is 3.92. The van der Waals surface area contributed by atoms with Crippen LogP contribution in [0, 0.1) is 20.8 Å². The number of carbonyl (C=O) groups is 2. The van der Waals surface area contributed by atoms with Gasteiger partial charge in [-0.15, -0.1) is 0 Å². The quantitative estimate of drug-likeness (QED) is 0.509. The molecule has 194 valence electrons. The van der Waals surface area contributed by atoms with Crippen LogP contribution in [-0.2, 0) is 19.6 Å². The SMILES string of the molecule is Cc1ccc(S(=O)(=O)N(CC(=O)Nc2ccccc2C(=O)N2CCOCC2)c2cccc(C)c2C)cc1. The van der Waals surface area contributed by atoms with Gasteiger partial charge in [0.2, 0.25) is 5.91 Å². The molecule has 1 fully saturated rings. The molecule has 1 aliphatic heterocycles. The summed E-state index contributed by atoms with van der Waals surface area (Å²) >= 11 is 0. The molecule has 3 aromatic rings. The van der Waals surface area contributed by atoms with E-state index in [1.807, 2.05) is 26.8 Å². The van der Waals surface area contributed by atoms with Gasteiger partial charge in [-0.25, -0.2) is 8.42 Å². The van der Waals surface area contributed by atoms with E-state index in [0.29, 0.717) is 43.2 Å². The third kappa shape index (κ3) is 5.84. The standard InChI is InChI=1S/C28H31N3O5S/c1-20-11-13-23(14-12-20)37(34,35)31(26-10-6-7-21(2)22(26)3)19-27(32)29-25-9-5-4-8-24(25)28(33)30-15-17-36-18-16-30/h4-14H,15-19H2,1-3H3,(H,29,32). The maximum absolute atomic E-state index is 13.8. The number of sulfonamides is 1. The molecular formula is C28H31N3O5S. The molecule has 0 unspecified atom stereocenters. The van der Waals surface area contributed by atoms with Gasteiger partial charge in [0, 0.05) is 13.1 Å². The third-order valence-corrected chi connectivity index (χ3v) is 8.24. The normalized spacial score (nSPS) is 13.8. The fourth-order valence-electron chi connectivity index (χ4n) is 4.18. The van der Waals surface area contributed by atoms with Crippen LogP contribution >= 0.6 is 0 Å². The van der Waals surface area contributed by atoms with Gasteiger partial charge in [0.15, 0.2) is 0 Å². The second-order valence-corrected chi connectivity index (χ2v) is 10.9. The van der Waals surface area contributed by atoms with E-state index in [4.69, 9.17) is 4.74 Å². The van der Waals surface area contributed by atoms with Gasteiger partial charge < -0.3 is 15.0 Å². The average Bonchev–Trinajstić information content (AvgIpc) is 2.90. The van der Waals surface area contributed by atoms with Crippen molar-refractivity contribution < 1.29 is 22.7 Å². The molecule has 9 heteroatoms. The highest BCUT2D eigenvalue weighted by Crippen LogP contribution is 2.29. The number of para-hydroxylation sites is 1. The summed E-state index contributed by atoms with van der Waals surface area (Å²) in [4.78, 5) is 28.2. The monoisotopic (exact) mass is 521 g/mol. The third-order valence-electron chi connectivity index (χ3n) is 6.47. The molecule has 0 saturated carbocycles. The number of aryl methyl sites for hydroxylation is 2. The van der Waals surface area contributed by atoms with Crippen LogP contribution < -0.4 is 9.62 Å². The lowest BCUT2D eigenvalue weighted by Crippen LogP contribution is -2.41. The zero-order valence-corrected chi connectivity index (χ0v) is 22.0. The van der Waals surface area contributed by atoms with Crippen molar-refractivity contribution in [3.63, 3.8) is 0 Å². The fraction of sp³-hybridized carbons (Fsp3) is 0.286. The number of morpholine rings is 1. The average molecular weight is 522 g/mol. The molecule has 1 saturated heterocycles. The lowest BCUT2D eigenvalue weighted by molar-refractivity contribution is -0.114. The van der Waals surface area contributed by atoms with Crippen molar-refractivity contribution in [3.05, 3.63) is 89.0 Å². The molecular weight excluding hydrogens is 490 g/mol. The Labute approximate surface area is 217 Å². The van der Waals surface area contributed by atoms with Crippen LogP contribution in [0.1, 0.15) is 27.0 Å². The van der Waals surface area contributed by atoms with E-state index >= 15 is 0 Å². The van der Waals surface area contributed by atoms with Crippen LogP contribution in [0.25, 0.3) is 0 Å². The van der Waals surface area contributed by atoms with Gasteiger partial charge in [0.1, 0.15) is 6.54 Å². The van der Waals surface area contributed by atoms with Crippen LogP contribution in [0.2, 0.25) is 0 Å². The first-order valence-corrected chi connectivity index (χ1v) is 13.5. The fourth-order valence-corrected chi connectivity index (χ4v) is 5.66. The molecule has 0 spiro atoms. The van der Waals surface area contributed by atoms with E-state index < -0.39 is 22.5 Å². The Morgan fingerprint density at radius 2 is 1.59 bits per heavy atom. The number of hydrogen-bond donors (Lipinski definition) is 1. The van der Waals surface area contributed by atoms with Crippen LogP contribution in [0.5, 0.6) is 0 Å². The Kier molecular flexibility index (Phi) is 7.94. The number of benzene rings is 3. The van der Waals surface area contributed by atoms with Gasteiger partial charge >= 0.3 is 0 Å². The number of nitrogens with zero attached hydrogens (tertiary/aromatic N) is 2. The first kappa shape index (κ1) is 26.4. The van der Waals surface area contributed by atoms with Gasteiger partial charge in [0.25, 0.3) is 15.9 Å². The highest BCUT2D eigenvalue weighted by atomic mass is 32.2. The molecule has 1 heterocycles. The highest BCUT2D eigenvalue weighted by Gasteiger charge is 2.29. The second kappa shape index (κ2) is 11.1. The van der Waals surface area contributed by atoms with E-state index in [0.717, 1.165) is 21.0 Å². The Hall–Kier alpha value is -3.69. The van der Waals surface area contributed by atoms with E-state index in [2.05, 4.69) is 5.32 Å². The zero-order chi connectivity index (χ0) is 26.6. The van der Waals surface area contributed by atoms with Crippen molar-refractivity contribution in [2.45, 2.75) is 25.7 Å². The Morgan fingerprint density at radius 1 is 0.919 bits per heavy atom. The summed E-state index contributed by atoms with van der Waals surface area (Å²) in [6.07, 6.45) is 0. The van der Waals surface area contributed by atoms with Gasteiger partial charge in [0.05, 0.1) is 35.0 Å². The maximum Gasteiger partial charge on any atom is 0.264 e. The van der Waals surface area contributed by atoms with Crippen molar-refractivity contribution in [1.82, 2.24) is 4.90 Å². The zero-order valence-electron chi connectivity index (χ0n) is 21.2. The van der Waals surface area contributed by atoms with Crippen molar-refractivity contribution in [1.29, 1.82) is 0 Å². The van der Waals surface area contributed by atoms with Crippen LogP contribution in [0.3, 0.4) is 0 Å². The Morgan fingerprint density at radius 3 is 2.30 bits per heavy atom. The van der Waals surface area contributed by atoms with Gasteiger partial charge in [-0.2, -0.15) is 0 Å². The maximum atomic E-state index is 13.8. The van der Waals surface area contributed by atoms with Crippen molar-refractivity contribution >= 4 is 33.2 Å². The highest BCUT2D eigenvalue weighted by molar-refractivity contribution is 7.92. The molecule has 0 atom stereocenters. The van der Waals surface area contributed by atoms with Gasteiger partial charge in [-0.3, -0.25) is 13.9 Å². The van der Waals surface area contributed by atoms with E-state index in [9.17, 15) is 18.0 Å². The van der Waals surface area contributed by atoms with E-state index in [-0.39, 0.29) is 10.8 Å². The van der Waals surface area contributed by atoms with E-state index in [1.54, 1.807) is 53.4 Å². The molecule has 4 rings (SSSR count). The summed E-state index contributed by atoms with van der Waals surface area (Å²) in [5, 5.41) is 2.77. The van der Waals surface area contributed by atoms with Crippen LogP contribution in [0.15, 0.2) is 71.6 Å². The smallest absolute Gasteiger partial charge is 0.264 e. The minimum absolute atomic E-state index is 0.0923. The number of ether oxygens (including phenoxy) is 1. The lowest BCUT2D eigenvalue weighted by atomic mass is 10.1. The molecule has 8 nitrogen and oxygen atoms in total. The predicted molar refractivity (Wildman–Crippen MR) is 143 cm³/mol. The number of anilines is 2. The molecule has 2 amide bonds. The summed E-state index contributed by atoms with van der Waals surface area (Å²) in [6, 6.07) is 18.6. The van der Waals surface area contributed by atoms with E-state index in [1.165, 1.54) is 12.1 Å². The summed E-state index contributed by atoms with van der Waals surface area (Å²) in [6.45, 7) is 7.00. The molecule has 37 heavy (non-hydrogen) atoms. The van der Waals surface area contributed by atoms with Crippen LogP contribution in [0.4, 0.5) is 11.4 Å². The number of amides is 2. The summed E-state index contributed by atoms with van der Waals surface area (Å²) in [5.41, 5.74) is 3.69. The minimum atomic E-state index is -4.06. The Bertz CT molecular complexity index is 1400. The Balaban J connectivity index is 1.65. The van der Waals surface area contributed by atoms with Gasteiger partial charge in [-0.1, -0.05) is 42.0 Å². The number of hydrogen-bond acceptors (Lipinski definition) is 5. The molecule has 0 bridgehead atoms. The number of nitrogens with one attached hydrogen (secondary N) is 1. The molecule has 1 N–H and O–H groups in total. The molecule has 0 aliphatic carbocycles.